The Morgan fingerprint density at radius 1 is 0.475 bits per heavy atom. The number of ether oxygens (including phenoxy) is 4. The van der Waals surface area contributed by atoms with E-state index in [0.717, 1.165) is 51.7 Å². The molecule has 0 bridgehead atoms. The Balaban J connectivity index is 2.29. The Hall–Kier alpha value is -1.18. The molecule has 0 atom stereocenters. The zero-order valence-corrected chi connectivity index (χ0v) is 40.2. The number of esters is 2. The number of carbonyl (C=O) groups is 2. The summed E-state index contributed by atoms with van der Waals surface area (Å²) in [6, 6.07) is 0. The average Bonchev–Trinajstić information content (AvgIpc) is 3.23. The van der Waals surface area contributed by atoms with E-state index in [1.165, 1.54) is 180 Å². The summed E-state index contributed by atoms with van der Waals surface area (Å²) in [6.45, 7) is 14.6. The van der Waals surface area contributed by atoms with Gasteiger partial charge in [-0.05, 0) is 95.2 Å². The van der Waals surface area contributed by atoms with Crippen LogP contribution in [-0.4, -0.2) is 70.2 Å². The molecule has 0 radical (unpaired) electrons. The van der Waals surface area contributed by atoms with Crippen molar-refractivity contribution in [3.05, 3.63) is 0 Å². The molecule has 0 aromatic heterocycles. The number of nitrogens with zero attached hydrogens (tertiary/aromatic N) is 1. The lowest BCUT2D eigenvalue weighted by Gasteiger charge is -2.28. The fourth-order valence-corrected chi connectivity index (χ4v) is 8.91. The molecule has 1 rings (SSSR count). The molecular formula is C52H101NO6. The Labute approximate surface area is 367 Å². The summed E-state index contributed by atoms with van der Waals surface area (Å²) in [4.78, 5) is 27.3. The van der Waals surface area contributed by atoms with E-state index in [0.29, 0.717) is 56.5 Å². The van der Waals surface area contributed by atoms with E-state index in [1.807, 2.05) is 0 Å². The van der Waals surface area contributed by atoms with E-state index in [-0.39, 0.29) is 11.9 Å². The number of carbonyl (C=O) groups excluding carboxylic acids is 2. The molecule has 0 aromatic rings. The quantitative estimate of drug-likeness (QED) is 0.0344. The Bertz CT molecular complexity index is 832. The third-order valence-corrected chi connectivity index (χ3v) is 13.1. The van der Waals surface area contributed by atoms with E-state index in [9.17, 15) is 9.59 Å². The van der Waals surface area contributed by atoms with Gasteiger partial charge in [0.1, 0.15) is 6.79 Å². The molecule has 0 aliphatic carbocycles. The molecule has 1 aliphatic heterocycles. The molecule has 7 heteroatoms. The predicted octanol–water partition coefficient (Wildman–Crippen LogP) is 14.8. The maximum absolute atomic E-state index is 12.4. The van der Waals surface area contributed by atoms with Crippen molar-refractivity contribution in [3.63, 3.8) is 0 Å². The molecule has 0 spiro atoms. The van der Waals surface area contributed by atoms with Gasteiger partial charge in [-0.1, -0.05) is 182 Å². The highest BCUT2D eigenvalue weighted by molar-refractivity contribution is 5.69. The zero-order valence-electron chi connectivity index (χ0n) is 40.2. The number of unbranched alkanes of at least 4 members (excludes halogenated alkanes) is 16. The third kappa shape index (κ3) is 36.1. The van der Waals surface area contributed by atoms with Crippen LogP contribution >= 0.6 is 0 Å². The van der Waals surface area contributed by atoms with Gasteiger partial charge in [-0.2, -0.15) is 0 Å². The maximum Gasteiger partial charge on any atom is 0.305 e. The Kier molecular flexibility index (Phi) is 39.9. The SMILES string of the molecule is CCCCCC(CCCCC)CCOC(=O)CCCCCCCC(CCCCCCCC(=O)OCCC(CCCCC)CCCCC)COCOCC1CCN(C)CC1. The van der Waals surface area contributed by atoms with Crippen molar-refractivity contribution < 1.29 is 28.5 Å². The lowest BCUT2D eigenvalue weighted by Crippen LogP contribution is -2.32. The van der Waals surface area contributed by atoms with Crippen LogP contribution in [0.2, 0.25) is 0 Å². The van der Waals surface area contributed by atoms with Crippen LogP contribution in [0.25, 0.3) is 0 Å². The summed E-state index contributed by atoms with van der Waals surface area (Å²) < 4.78 is 23.4. The number of likely N-dealkylation sites (tertiary alicyclic amines) is 1. The minimum absolute atomic E-state index is 0.00394. The van der Waals surface area contributed by atoms with Crippen LogP contribution in [0, 0.1) is 23.7 Å². The number of rotatable bonds is 44. The molecule has 1 aliphatic rings. The second-order valence-corrected chi connectivity index (χ2v) is 18.8. The van der Waals surface area contributed by atoms with Crippen LogP contribution < -0.4 is 0 Å². The summed E-state index contributed by atoms with van der Waals surface area (Å²) in [7, 11) is 2.20. The zero-order chi connectivity index (χ0) is 42.9. The fraction of sp³-hybridized carbons (Fsp3) is 0.962. The summed E-state index contributed by atoms with van der Waals surface area (Å²) >= 11 is 0. The monoisotopic (exact) mass is 836 g/mol. The lowest BCUT2D eigenvalue weighted by atomic mass is 9.92. The molecule has 0 aromatic carbocycles. The normalized spacial score (nSPS) is 14.0. The second kappa shape index (κ2) is 42.1. The van der Waals surface area contributed by atoms with Crippen molar-refractivity contribution in [1.82, 2.24) is 4.90 Å². The van der Waals surface area contributed by atoms with Gasteiger partial charge in [-0.25, -0.2) is 0 Å². The molecule has 0 saturated carbocycles. The molecule has 7 nitrogen and oxygen atoms in total. The highest BCUT2D eigenvalue weighted by Gasteiger charge is 2.17. The van der Waals surface area contributed by atoms with Crippen LogP contribution in [0.3, 0.4) is 0 Å². The van der Waals surface area contributed by atoms with Crippen molar-refractivity contribution in [1.29, 1.82) is 0 Å². The van der Waals surface area contributed by atoms with Crippen LogP contribution in [0.4, 0.5) is 0 Å². The van der Waals surface area contributed by atoms with Gasteiger partial charge in [0, 0.05) is 12.8 Å². The average molecular weight is 836 g/mol. The van der Waals surface area contributed by atoms with E-state index in [4.69, 9.17) is 18.9 Å². The van der Waals surface area contributed by atoms with E-state index in [2.05, 4.69) is 39.6 Å². The fourth-order valence-electron chi connectivity index (χ4n) is 8.91. The van der Waals surface area contributed by atoms with Crippen molar-refractivity contribution in [2.45, 2.75) is 246 Å². The smallest absolute Gasteiger partial charge is 0.305 e. The lowest BCUT2D eigenvalue weighted by molar-refractivity contribution is -0.145. The molecule has 1 heterocycles. The molecule has 0 N–H and O–H groups in total. The van der Waals surface area contributed by atoms with E-state index >= 15 is 0 Å². The van der Waals surface area contributed by atoms with Gasteiger partial charge >= 0.3 is 11.9 Å². The van der Waals surface area contributed by atoms with Gasteiger partial charge in [0.2, 0.25) is 0 Å². The molecule has 1 saturated heterocycles. The van der Waals surface area contributed by atoms with Crippen molar-refractivity contribution in [3.8, 4) is 0 Å². The summed E-state index contributed by atoms with van der Waals surface area (Å²) in [5.41, 5.74) is 0. The topological polar surface area (TPSA) is 74.3 Å². The van der Waals surface area contributed by atoms with Crippen LogP contribution in [0.1, 0.15) is 246 Å². The maximum atomic E-state index is 12.4. The molecule has 0 unspecified atom stereocenters. The Morgan fingerprint density at radius 3 is 1.27 bits per heavy atom. The highest BCUT2D eigenvalue weighted by Crippen LogP contribution is 2.24. The molecule has 59 heavy (non-hydrogen) atoms. The van der Waals surface area contributed by atoms with Crippen molar-refractivity contribution in [2.24, 2.45) is 23.7 Å². The minimum Gasteiger partial charge on any atom is -0.466 e. The van der Waals surface area contributed by atoms with E-state index in [1.54, 1.807) is 0 Å². The first kappa shape index (κ1) is 55.8. The van der Waals surface area contributed by atoms with Crippen LogP contribution in [-0.2, 0) is 28.5 Å². The number of hydrogen-bond donors (Lipinski definition) is 0. The van der Waals surface area contributed by atoms with E-state index < -0.39 is 0 Å². The highest BCUT2D eigenvalue weighted by atomic mass is 16.7. The minimum atomic E-state index is -0.00394. The molecule has 350 valence electrons. The first-order valence-corrected chi connectivity index (χ1v) is 26.1. The predicted molar refractivity (Wildman–Crippen MR) is 250 cm³/mol. The van der Waals surface area contributed by atoms with Gasteiger partial charge in [0.05, 0.1) is 26.4 Å². The van der Waals surface area contributed by atoms with Crippen molar-refractivity contribution in [2.75, 3.05) is 53.4 Å². The standard InChI is InChI=1S/C52H101NO6/c1-6-10-20-28-47(29-21-11-7-2)38-42-58-51(54)34-26-18-14-16-24-32-49(44-56-46-57-45-50-36-40-53(5)41-37-50)33-25-17-15-19-27-35-52(55)59-43-39-48(30-22-12-8-3)31-23-13-9-4/h47-50H,6-46H2,1-5H3. The van der Waals surface area contributed by atoms with Gasteiger partial charge in [0.25, 0.3) is 0 Å². The summed E-state index contributed by atoms with van der Waals surface area (Å²) in [5.74, 6) is 2.64. The van der Waals surface area contributed by atoms with Crippen LogP contribution in [0.15, 0.2) is 0 Å². The summed E-state index contributed by atoms with van der Waals surface area (Å²) in [5, 5.41) is 0. The van der Waals surface area contributed by atoms with Gasteiger partial charge in [0.15, 0.2) is 0 Å². The largest absolute Gasteiger partial charge is 0.466 e. The van der Waals surface area contributed by atoms with Gasteiger partial charge < -0.3 is 23.8 Å². The number of piperidine rings is 1. The summed E-state index contributed by atoms with van der Waals surface area (Å²) in [6.07, 6.45) is 40.0. The molecule has 0 amide bonds. The first-order chi connectivity index (χ1) is 28.9. The molecular weight excluding hydrogens is 735 g/mol. The van der Waals surface area contributed by atoms with Gasteiger partial charge in [-0.3, -0.25) is 9.59 Å². The third-order valence-electron chi connectivity index (χ3n) is 13.1. The number of hydrogen-bond acceptors (Lipinski definition) is 7. The first-order valence-electron chi connectivity index (χ1n) is 26.1. The van der Waals surface area contributed by atoms with Crippen LogP contribution in [0.5, 0.6) is 0 Å². The van der Waals surface area contributed by atoms with Gasteiger partial charge in [-0.15, -0.1) is 0 Å². The molecule has 1 fully saturated rings. The Morgan fingerprint density at radius 2 is 0.847 bits per heavy atom. The van der Waals surface area contributed by atoms with Crippen molar-refractivity contribution >= 4 is 11.9 Å². The second-order valence-electron chi connectivity index (χ2n) is 18.8.